The first kappa shape index (κ1) is 13.9. The normalized spacial score (nSPS) is 10.3. The van der Waals surface area contributed by atoms with E-state index in [-0.39, 0.29) is 11.5 Å². The molecule has 0 saturated heterocycles. The topological polar surface area (TPSA) is 75.1 Å². The molecule has 0 aliphatic heterocycles. The molecule has 0 atom stereocenters. The fourth-order valence-electron chi connectivity index (χ4n) is 1.88. The number of hydrogen-bond donors (Lipinski definition) is 2. The number of carboxylic acids is 1. The molecule has 0 bridgehead atoms. The molecule has 1 heterocycles. The standard InChI is InChI=1S/C14H14FN3O2/c1-8-3-10(4-9(2)13(8)15)5-17-12-7-16-6-11(18-12)14(19)20/h3-4,6-7H,5H2,1-2H3,(H,17,18)(H,19,20). The Hall–Kier alpha value is -2.50. The number of aromatic carboxylic acids is 1. The first-order valence-corrected chi connectivity index (χ1v) is 6.02. The van der Waals surface area contributed by atoms with Crippen molar-refractivity contribution < 1.29 is 14.3 Å². The van der Waals surface area contributed by atoms with Crippen molar-refractivity contribution in [3.05, 3.63) is 52.7 Å². The van der Waals surface area contributed by atoms with Crippen molar-refractivity contribution in [1.82, 2.24) is 9.97 Å². The predicted octanol–water partition coefficient (Wildman–Crippen LogP) is 2.54. The van der Waals surface area contributed by atoms with Gasteiger partial charge in [-0.25, -0.2) is 14.2 Å². The van der Waals surface area contributed by atoms with Gasteiger partial charge < -0.3 is 10.4 Å². The van der Waals surface area contributed by atoms with Gasteiger partial charge in [-0.15, -0.1) is 0 Å². The number of carboxylic acid groups (broad SMARTS) is 1. The fraction of sp³-hybridized carbons (Fsp3) is 0.214. The second-order valence-corrected chi connectivity index (χ2v) is 4.49. The van der Waals surface area contributed by atoms with E-state index in [1.165, 1.54) is 12.4 Å². The summed E-state index contributed by atoms with van der Waals surface area (Å²) in [5.74, 6) is -0.972. The van der Waals surface area contributed by atoms with Crippen LogP contribution in [0.1, 0.15) is 27.2 Å². The van der Waals surface area contributed by atoms with Gasteiger partial charge in [-0.2, -0.15) is 0 Å². The largest absolute Gasteiger partial charge is 0.476 e. The monoisotopic (exact) mass is 275 g/mol. The van der Waals surface area contributed by atoms with E-state index >= 15 is 0 Å². The summed E-state index contributed by atoms with van der Waals surface area (Å²) in [6, 6.07) is 3.48. The van der Waals surface area contributed by atoms with E-state index in [1.54, 1.807) is 26.0 Å². The van der Waals surface area contributed by atoms with Crippen LogP contribution in [0.2, 0.25) is 0 Å². The summed E-state index contributed by atoms with van der Waals surface area (Å²) in [7, 11) is 0. The average Bonchev–Trinajstić information content (AvgIpc) is 2.42. The van der Waals surface area contributed by atoms with Gasteiger partial charge >= 0.3 is 5.97 Å². The number of halogens is 1. The molecular weight excluding hydrogens is 261 g/mol. The summed E-state index contributed by atoms with van der Waals surface area (Å²) in [5, 5.41) is 11.8. The van der Waals surface area contributed by atoms with Crippen molar-refractivity contribution in [3.8, 4) is 0 Å². The van der Waals surface area contributed by atoms with Crippen LogP contribution in [0, 0.1) is 19.7 Å². The second-order valence-electron chi connectivity index (χ2n) is 4.49. The number of carbonyl (C=O) groups is 1. The first-order chi connectivity index (χ1) is 9.47. The number of benzene rings is 1. The average molecular weight is 275 g/mol. The number of anilines is 1. The number of aryl methyl sites for hydroxylation is 2. The molecule has 0 fully saturated rings. The number of nitrogens with zero attached hydrogens (tertiary/aromatic N) is 2. The van der Waals surface area contributed by atoms with Gasteiger partial charge in [-0.1, -0.05) is 12.1 Å². The molecule has 0 aliphatic carbocycles. The van der Waals surface area contributed by atoms with E-state index in [1.807, 2.05) is 0 Å². The van der Waals surface area contributed by atoms with Gasteiger partial charge in [-0.05, 0) is 30.5 Å². The highest BCUT2D eigenvalue weighted by Gasteiger charge is 2.07. The SMILES string of the molecule is Cc1cc(CNc2cncc(C(=O)O)n2)cc(C)c1F. The van der Waals surface area contributed by atoms with Gasteiger partial charge in [0.05, 0.1) is 12.4 Å². The maximum atomic E-state index is 13.5. The molecule has 0 aliphatic rings. The summed E-state index contributed by atoms with van der Waals surface area (Å²) in [4.78, 5) is 18.5. The maximum absolute atomic E-state index is 13.5. The molecule has 6 heteroatoms. The van der Waals surface area contributed by atoms with E-state index in [0.717, 1.165) is 5.56 Å². The molecule has 0 amide bonds. The number of rotatable bonds is 4. The highest BCUT2D eigenvalue weighted by molar-refractivity contribution is 5.85. The third kappa shape index (κ3) is 3.09. The lowest BCUT2D eigenvalue weighted by Crippen LogP contribution is -2.07. The van der Waals surface area contributed by atoms with Crippen LogP contribution in [0.4, 0.5) is 10.2 Å². The van der Waals surface area contributed by atoms with Crippen LogP contribution < -0.4 is 5.32 Å². The zero-order chi connectivity index (χ0) is 14.7. The summed E-state index contributed by atoms with van der Waals surface area (Å²) >= 11 is 0. The molecule has 5 nitrogen and oxygen atoms in total. The minimum atomic E-state index is -1.13. The summed E-state index contributed by atoms with van der Waals surface area (Å²) in [6.07, 6.45) is 2.62. The van der Waals surface area contributed by atoms with Crippen molar-refractivity contribution in [2.24, 2.45) is 0 Å². The Morgan fingerprint density at radius 2 is 1.95 bits per heavy atom. The quantitative estimate of drug-likeness (QED) is 0.896. The Morgan fingerprint density at radius 1 is 1.30 bits per heavy atom. The van der Waals surface area contributed by atoms with E-state index in [4.69, 9.17) is 5.11 Å². The van der Waals surface area contributed by atoms with Crippen molar-refractivity contribution in [2.75, 3.05) is 5.32 Å². The fourth-order valence-corrected chi connectivity index (χ4v) is 1.88. The van der Waals surface area contributed by atoms with Gasteiger partial charge in [0.2, 0.25) is 0 Å². The zero-order valence-corrected chi connectivity index (χ0v) is 11.1. The Kier molecular flexibility index (Phi) is 3.93. The highest BCUT2D eigenvalue weighted by atomic mass is 19.1. The van der Waals surface area contributed by atoms with Crippen LogP contribution in [0.3, 0.4) is 0 Å². The number of aromatic nitrogens is 2. The number of hydrogen-bond acceptors (Lipinski definition) is 4. The summed E-state index contributed by atoms with van der Waals surface area (Å²) in [6.45, 7) is 3.83. The first-order valence-electron chi connectivity index (χ1n) is 6.02. The van der Waals surface area contributed by atoms with Gasteiger partial charge in [0, 0.05) is 6.54 Å². The van der Waals surface area contributed by atoms with Crippen molar-refractivity contribution in [1.29, 1.82) is 0 Å². The summed E-state index contributed by atoms with van der Waals surface area (Å²) < 4.78 is 13.5. The zero-order valence-electron chi connectivity index (χ0n) is 11.1. The molecule has 2 aromatic rings. The molecule has 104 valence electrons. The van der Waals surface area contributed by atoms with Crippen LogP contribution in [-0.2, 0) is 6.54 Å². The molecule has 2 rings (SSSR count). The molecule has 2 N–H and O–H groups in total. The highest BCUT2D eigenvalue weighted by Crippen LogP contribution is 2.15. The second kappa shape index (κ2) is 5.64. The minimum absolute atomic E-state index is 0.124. The van der Waals surface area contributed by atoms with Crippen molar-refractivity contribution >= 4 is 11.8 Å². The van der Waals surface area contributed by atoms with Crippen LogP contribution in [0.5, 0.6) is 0 Å². The lowest BCUT2D eigenvalue weighted by molar-refractivity contribution is 0.0690. The maximum Gasteiger partial charge on any atom is 0.356 e. The van der Waals surface area contributed by atoms with E-state index in [0.29, 0.717) is 23.5 Å². The summed E-state index contributed by atoms with van der Waals surface area (Å²) in [5.41, 5.74) is 1.92. The molecule has 1 aromatic carbocycles. The van der Waals surface area contributed by atoms with Gasteiger partial charge in [0.1, 0.15) is 11.6 Å². The molecule has 0 saturated carbocycles. The van der Waals surface area contributed by atoms with E-state index < -0.39 is 5.97 Å². The van der Waals surface area contributed by atoms with Crippen LogP contribution >= 0.6 is 0 Å². The smallest absolute Gasteiger partial charge is 0.356 e. The van der Waals surface area contributed by atoms with Crippen LogP contribution in [0.15, 0.2) is 24.5 Å². The lowest BCUT2D eigenvalue weighted by atomic mass is 10.1. The predicted molar refractivity (Wildman–Crippen MR) is 72.2 cm³/mol. The molecular formula is C14H14FN3O2. The van der Waals surface area contributed by atoms with Crippen LogP contribution in [0.25, 0.3) is 0 Å². The third-order valence-corrected chi connectivity index (χ3v) is 2.82. The van der Waals surface area contributed by atoms with Gasteiger partial charge in [0.25, 0.3) is 0 Å². The minimum Gasteiger partial charge on any atom is -0.476 e. The lowest BCUT2D eigenvalue weighted by Gasteiger charge is -2.09. The molecule has 0 unspecified atom stereocenters. The van der Waals surface area contributed by atoms with Gasteiger partial charge in [0.15, 0.2) is 5.69 Å². The Bertz CT molecular complexity index is 636. The molecule has 0 spiro atoms. The van der Waals surface area contributed by atoms with E-state index in [9.17, 15) is 9.18 Å². The number of nitrogens with one attached hydrogen (secondary N) is 1. The van der Waals surface area contributed by atoms with Gasteiger partial charge in [-0.3, -0.25) is 4.98 Å². The van der Waals surface area contributed by atoms with Crippen molar-refractivity contribution in [2.45, 2.75) is 20.4 Å². The Balaban J connectivity index is 2.13. The molecule has 0 radical (unpaired) electrons. The van der Waals surface area contributed by atoms with Crippen LogP contribution in [-0.4, -0.2) is 21.0 Å². The molecule has 1 aromatic heterocycles. The molecule has 20 heavy (non-hydrogen) atoms. The third-order valence-electron chi connectivity index (χ3n) is 2.82. The Morgan fingerprint density at radius 3 is 2.55 bits per heavy atom. The van der Waals surface area contributed by atoms with E-state index in [2.05, 4.69) is 15.3 Å². The Labute approximate surface area is 115 Å². The van der Waals surface area contributed by atoms with Crippen molar-refractivity contribution in [3.63, 3.8) is 0 Å².